The van der Waals surface area contributed by atoms with Crippen molar-refractivity contribution in [2.24, 2.45) is 4.99 Å². The lowest BCUT2D eigenvalue weighted by molar-refractivity contribution is 0.102. The number of aromatic hydroxyl groups is 1. The number of hydrogen-bond donors (Lipinski definition) is 2. The third kappa shape index (κ3) is 4.54. The topological polar surface area (TPSA) is 70.9 Å². The highest BCUT2D eigenvalue weighted by Crippen LogP contribution is 2.28. The van der Waals surface area contributed by atoms with Gasteiger partial charge < -0.3 is 15.2 Å². The number of carbonyl (C=O) groups excluding carboxylic acids is 1. The van der Waals surface area contributed by atoms with E-state index in [0.29, 0.717) is 28.3 Å². The van der Waals surface area contributed by atoms with Gasteiger partial charge in [0.05, 0.1) is 18.4 Å². The Morgan fingerprint density at radius 2 is 1.81 bits per heavy atom. The van der Waals surface area contributed by atoms with Gasteiger partial charge in [-0.25, -0.2) is 0 Å². The molecular formula is C21H17BrN2O3. The van der Waals surface area contributed by atoms with Crippen LogP contribution in [0, 0.1) is 0 Å². The van der Waals surface area contributed by atoms with Crippen molar-refractivity contribution in [1.82, 2.24) is 0 Å². The van der Waals surface area contributed by atoms with Crippen molar-refractivity contribution in [2.45, 2.75) is 0 Å². The molecule has 3 rings (SSSR count). The fourth-order valence-electron chi connectivity index (χ4n) is 2.43. The molecular weight excluding hydrogens is 408 g/mol. The van der Waals surface area contributed by atoms with Gasteiger partial charge in [0.2, 0.25) is 0 Å². The zero-order valence-electron chi connectivity index (χ0n) is 14.5. The maximum Gasteiger partial charge on any atom is 0.256 e. The van der Waals surface area contributed by atoms with E-state index in [1.165, 1.54) is 7.11 Å². The molecule has 6 heteroatoms. The molecule has 0 spiro atoms. The SMILES string of the molecule is COc1cccc(C=Nc2ccc(NC(=O)c3ccccc3Br)cc2)c1O. The van der Waals surface area contributed by atoms with Crippen molar-refractivity contribution >= 4 is 39.4 Å². The first-order valence-corrected chi connectivity index (χ1v) is 8.94. The van der Waals surface area contributed by atoms with Crippen molar-refractivity contribution in [3.8, 4) is 11.5 Å². The standard InChI is InChI=1S/C21H17BrN2O3/c1-27-19-8-4-5-14(20(19)25)13-23-15-9-11-16(12-10-15)24-21(26)17-6-2-3-7-18(17)22/h2-13,25H,1H3,(H,24,26). The molecule has 0 bridgehead atoms. The Kier molecular flexibility index (Phi) is 5.88. The number of ether oxygens (including phenoxy) is 1. The van der Waals surface area contributed by atoms with Gasteiger partial charge in [0.25, 0.3) is 5.91 Å². The van der Waals surface area contributed by atoms with Gasteiger partial charge in [-0.1, -0.05) is 18.2 Å². The zero-order valence-corrected chi connectivity index (χ0v) is 16.1. The number of halogens is 1. The van der Waals surface area contributed by atoms with E-state index < -0.39 is 0 Å². The molecule has 0 unspecified atom stereocenters. The lowest BCUT2D eigenvalue weighted by Crippen LogP contribution is -2.12. The van der Waals surface area contributed by atoms with Crippen LogP contribution in [0.25, 0.3) is 0 Å². The first-order chi connectivity index (χ1) is 13.1. The molecule has 0 aliphatic carbocycles. The van der Waals surface area contributed by atoms with Crippen molar-refractivity contribution in [1.29, 1.82) is 0 Å². The van der Waals surface area contributed by atoms with Crippen molar-refractivity contribution in [2.75, 3.05) is 12.4 Å². The molecule has 0 fully saturated rings. The van der Waals surface area contributed by atoms with Gasteiger partial charge >= 0.3 is 0 Å². The number of nitrogens with one attached hydrogen (secondary N) is 1. The normalized spacial score (nSPS) is 10.7. The molecule has 2 N–H and O–H groups in total. The summed E-state index contributed by atoms with van der Waals surface area (Å²) in [4.78, 5) is 16.7. The molecule has 1 amide bonds. The molecule has 0 aliphatic heterocycles. The van der Waals surface area contributed by atoms with Crippen molar-refractivity contribution < 1.29 is 14.6 Å². The molecule has 136 valence electrons. The van der Waals surface area contributed by atoms with Crippen LogP contribution in [0.2, 0.25) is 0 Å². The Labute approximate surface area is 165 Å². The lowest BCUT2D eigenvalue weighted by atomic mass is 10.2. The highest BCUT2D eigenvalue weighted by Gasteiger charge is 2.09. The van der Waals surface area contributed by atoms with Gasteiger partial charge in [0, 0.05) is 21.9 Å². The Morgan fingerprint density at radius 3 is 2.52 bits per heavy atom. The summed E-state index contributed by atoms with van der Waals surface area (Å²) in [7, 11) is 1.50. The number of phenols is 1. The maximum absolute atomic E-state index is 12.3. The fourth-order valence-corrected chi connectivity index (χ4v) is 2.89. The van der Waals surface area contributed by atoms with E-state index in [4.69, 9.17) is 4.74 Å². The third-order valence-electron chi connectivity index (χ3n) is 3.85. The molecule has 0 radical (unpaired) electrons. The van der Waals surface area contributed by atoms with Crippen molar-refractivity contribution in [3.63, 3.8) is 0 Å². The molecule has 5 nitrogen and oxygen atoms in total. The van der Waals surface area contributed by atoms with Crippen molar-refractivity contribution in [3.05, 3.63) is 82.3 Å². The second kappa shape index (κ2) is 8.51. The Hall–Kier alpha value is -3.12. The van der Waals surface area contributed by atoms with Crippen LogP contribution in [0.5, 0.6) is 11.5 Å². The van der Waals surface area contributed by atoms with Crippen LogP contribution in [0.1, 0.15) is 15.9 Å². The summed E-state index contributed by atoms with van der Waals surface area (Å²) >= 11 is 3.37. The predicted molar refractivity (Wildman–Crippen MR) is 110 cm³/mol. The minimum absolute atomic E-state index is 0.0427. The van der Waals surface area contributed by atoms with E-state index in [0.717, 1.165) is 4.47 Å². The number of methoxy groups -OCH3 is 1. The summed E-state index contributed by atoms with van der Waals surface area (Å²) in [5.74, 6) is 0.241. The quantitative estimate of drug-likeness (QED) is 0.555. The second-order valence-electron chi connectivity index (χ2n) is 5.64. The molecule has 3 aromatic carbocycles. The van der Waals surface area contributed by atoms with Crippen LogP contribution in [-0.2, 0) is 0 Å². The summed E-state index contributed by atoms with van der Waals surface area (Å²) in [6.45, 7) is 0. The lowest BCUT2D eigenvalue weighted by Gasteiger charge is -2.07. The molecule has 0 atom stereocenters. The number of nitrogens with zero attached hydrogens (tertiary/aromatic N) is 1. The molecule has 27 heavy (non-hydrogen) atoms. The Balaban J connectivity index is 1.71. The van der Waals surface area contributed by atoms with Gasteiger partial charge in [0.15, 0.2) is 11.5 Å². The first-order valence-electron chi connectivity index (χ1n) is 8.14. The van der Waals surface area contributed by atoms with Gasteiger partial charge in [-0.3, -0.25) is 9.79 Å². The minimum atomic E-state index is -0.194. The summed E-state index contributed by atoms with van der Waals surface area (Å²) in [5, 5.41) is 12.9. The van der Waals surface area contributed by atoms with Gasteiger partial charge in [0.1, 0.15) is 0 Å². The number of anilines is 1. The van der Waals surface area contributed by atoms with Crippen LogP contribution in [0.3, 0.4) is 0 Å². The smallest absolute Gasteiger partial charge is 0.256 e. The summed E-state index contributed by atoms with van der Waals surface area (Å²) in [5.41, 5.74) is 2.48. The molecule has 0 aliphatic rings. The van der Waals surface area contributed by atoms with E-state index in [-0.39, 0.29) is 11.7 Å². The van der Waals surface area contributed by atoms with E-state index >= 15 is 0 Å². The average molecular weight is 425 g/mol. The number of carbonyl (C=O) groups is 1. The number of benzene rings is 3. The van der Waals surface area contributed by atoms with E-state index in [1.807, 2.05) is 18.2 Å². The summed E-state index contributed by atoms with van der Waals surface area (Å²) in [6, 6.07) is 19.5. The molecule has 0 saturated carbocycles. The Bertz CT molecular complexity index is 985. The fraction of sp³-hybridized carbons (Fsp3) is 0.0476. The molecule has 0 saturated heterocycles. The van der Waals surface area contributed by atoms with Crippen LogP contribution >= 0.6 is 15.9 Å². The van der Waals surface area contributed by atoms with Gasteiger partial charge in [-0.05, 0) is 64.5 Å². The first kappa shape index (κ1) is 18.7. The van der Waals surface area contributed by atoms with Gasteiger partial charge in [-0.2, -0.15) is 0 Å². The number of rotatable bonds is 5. The van der Waals surface area contributed by atoms with E-state index in [9.17, 15) is 9.90 Å². The van der Waals surface area contributed by atoms with Gasteiger partial charge in [-0.15, -0.1) is 0 Å². The maximum atomic E-state index is 12.3. The van der Waals surface area contributed by atoms with Crippen LogP contribution < -0.4 is 10.1 Å². The average Bonchev–Trinajstić information content (AvgIpc) is 2.68. The molecule has 3 aromatic rings. The largest absolute Gasteiger partial charge is 0.504 e. The number of phenolic OH excluding ortho intramolecular Hbond substituents is 1. The Morgan fingerprint density at radius 1 is 1.07 bits per heavy atom. The van der Waals surface area contributed by atoms with E-state index in [2.05, 4.69) is 26.2 Å². The summed E-state index contributed by atoms with van der Waals surface area (Å²) in [6.07, 6.45) is 1.56. The van der Waals surface area contributed by atoms with Crippen LogP contribution in [0.15, 0.2) is 76.2 Å². The summed E-state index contributed by atoms with van der Waals surface area (Å²) < 4.78 is 5.82. The van der Waals surface area contributed by atoms with Crippen LogP contribution in [0.4, 0.5) is 11.4 Å². The molecule has 0 aromatic heterocycles. The predicted octanol–water partition coefficient (Wildman–Crippen LogP) is 5.17. The number of hydrogen-bond acceptors (Lipinski definition) is 4. The van der Waals surface area contributed by atoms with Crippen LogP contribution in [-0.4, -0.2) is 24.3 Å². The zero-order chi connectivity index (χ0) is 19.2. The number of aliphatic imine (C=N–C) groups is 1. The highest BCUT2D eigenvalue weighted by molar-refractivity contribution is 9.10. The number of amides is 1. The highest BCUT2D eigenvalue weighted by atomic mass is 79.9. The number of para-hydroxylation sites is 1. The third-order valence-corrected chi connectivity index (χ3v) is 4.54. The minimum Gasteiger partial charge on any atom is -0.504 e. The van der Waals surface area contributed by atoms with E-state index in [1.54, 1.807) is 54.7 Å². The monoisotopic (exact) mass is 424 g/mol. The second-order valence-corrected chi connectivity index (χ2v) is 6.49. The molecule has 0 heterocycles.